The SMILES string of the molecule is OC(CCCCCCOCCCCNCCCCOCCCCNCC(O)COCCC[Si](O)(O)O)COCCC[Si](O)(O)O. The molecule has 2 unspecified atom stereocenters. The maximum atomic E-state index is 9.90. The van der Waals surface area contributed by atoms with Crippen LogP contribution in [0.25, 0.3) is 0 Å². The van der Waals surface area contributed by atoms with Gasteiger partial charge in [-0.3, -0.25) is 0 Å². The number of ether oxygens (including phenoxy) is 4. The molecule has 0 aliphatic heterocycles. The molecule has 16 heteroatoms. The lowest BCUT2D eigenvalue weighted by molar-refractivity contribution is 0.0305. The highest BCUT2D eigenvalue weighted by molar-refractivity contribution is 6.56. The van der Waals surface area contributed by atoms with Crippen LogP contribution in [0.3, 0.4) is 0 Å². The Morgan fingerprint density at radius 1 is 0.422 bits per heavy atom. The van der Waals surface area contributed by atoms with E-state index in [-0.39, 0.29) is 31.9 Å². The standard InChI is InChI=1S/C29H66N2O12Si2/c32-28(26-42-21-11-23-44(34,35)36)13-3-1-2-7-17-40-18-8-4-14-30-15-5-9-19-41-20-10-6-16-31-25-29(33)27-43-22-12-24-45(37,38)39/h28-39H,1-27H2. The molecule has 0 heterocycles. The predicted octanol–water partition coefficient (Wildman–Crippen LogP) is -0.143. The first kappa shape index (κ1) is 44.9. The quantitative estimate of drug-likeness (QED) is 0.0305. The highest BCUT2D eigenvalue weighted by Gasteiger charge is 2.26. The second kappa shape index (κ2) is 31.2. The molecule has 0 bridgehead atoms. The van der Waals surface area contributed by atoms with Crippen molar-refractivity contribution >= 4 is 17.6 Å². The summed E-state index contributed by atoms with van der Waals surface area (Å²) in [5.74, 6) is 0. The summed E-state index contributed by atoms with van der Waals surface area (Å²) >= 11 is 0. The maximum absolute atomic E-state index is 9.90. The summed E-state index contributed by atoms with van der Waals surface area (Å²) in [6.45, 7) is 7.25. The number of unbranched alkanes of at least 4 members (excludes halogenated alkanes) is 6. The number of aliphatic hydroxyl groups excluding tert-OH is 2. The van der Waals surface area contributed by atoms with Crippen molar-refractivity contribution in [2.75, 3.05) is 79.0 Å². The molecule has 14 nitrogen and oxygen atoms in total. The minimum atomic E-state index is -3.99. The zero-order valence-corrected chi connectivity index (χ0v) is 29.5. The lowest BCUT2D eigenvalue weighted by Gasteiger charge is -2.13. The summed E-state index contributed by atoms with van der Waals surface area (Å²) in [5.41, 5.74) is 0. The van der Waals surface area contributed by atoms with Crippen LogP contribution in [0.2, 0.25) is 12.1 Å². The third-order valence-corrected chi connectivity index (χ3v) is 8.90. The highest BCUT2D eigenvalue weighted by Crippen LogP contribution is 2.08. The van der Waals surface area contributed by atoms with Gasteiger partial charge in [0.2, 0.25) is 0 Å². The Balaban J connectivity index is 3.20. The largest absolute Gasteiger partial charge is 0.492 e. The number of aliphatic hydroxyl groups is 2. The van der Waals surface area contributed by atoms with Crippen LogP contribution in [0.4, 0.5) is 0 Å². The van der Waals surface area contributed by atoms with Crippen LogP contribution in [0, 0.1) is 0 Å². The summed E-state index contributed by atoms with van der Waals surface area (Å²) in [4.78, 5) is 53.5. The molecule has 0 rings (SSSR count). The van der Waals surface area contributed by atoms with Crippen LogP contribution in [0.15, 0.2) is 0 Å². The number of hydrogen-bond acceptors (Lipinski definition) is 14. The predicted molar refractivity (Wildman–Crippen MR) is 175 cm³/mol. The molecule has 0 aromatic carbocycles. The monoisotopic (exact) mass is 690 g/mol. The van der Waals surface area contributed by atoms with E-state index in [0.29, 0.717) is 32.4 Å². The van der Waals surface area contributed by atoms with Gasteiger partial charge in [0.15, 0.2) is 0 Å². The molecule has 0 aromatic rings. The first-order chi connectivity index (χ1) is 21.5. The molecule has 10 N–H and O–H groups in total. The van der Waals surface area contributed by atoms with Gasteiger partial charge in [0, 0.05) is 58.3 Å². The fourth-order valence-electron chi connectivity index (χ4n) is 4.30. The molecule has 0 aliphatic carbocycles. The van der Waals surface area contributed by atoms with Crippen molar-refractivity contribution in [2.24, 2.45) is 0 Å². The van der Waals surface area contributed by atoms with Crippen LogP contribution < -0.4 is 10.6 Å². The van der Waals surface area contributed by atoms with Crippen molar-refractivity contribution in [1.29, 1.82) is 0 Å². The van der Waals surface area contributed by atoms with E-state index in [0.717, 1.165) is 110 Å². The molecule has 0 aliphatic rings. The van der Waals surface area contributed by atoms with Gasteiger partial charge in [-0.05, 0) is 83.8 Å². The van der Waals surface area contributed by atoms with Gasteiger partial charge in [-0.2, -0.15) is 0 Å². The molecule has 0 spiro atoms. The molecular formula is C29H66N2O12Si2. The summed E-state index contributed by atoms with van der Waals surface area (Å²) in [7, 11) is -7.97. The number of nitrogens with one attached hydrogen (secondary N) is 2. The molecule has 2 atom stereocenters. The van der Waals surface area contributed by atoms with E-state index in [1.807, 2.05) is 0 Å². The third-order valence-electron chi connectivity index (χ3n) is 6.85. The lowest BCUT2D eigenvalue weighted by Crippen LogP contribution is -2.34. The minimum Gasteiger partial charge on any atom is -0.391 e. The van der Waals surface area contributed by atoms with Gasteiger partial charge in [0.1, 0.15) is 0 Å². The third kappa shape index (κ3) is 40.0. The van der Waals surface area contributed by atoms with Crippen molar-refractivity contribution in [3.63, 3.8) is 0 Å². The highest BCUT2D eigenvalue weighted by atomic mass is 28.4. The molecule has 272 valence electrons. The van der Waals surface area contributed by atoms with E-state index in [1.165, 1.54) is 0 Å². The summed E-state index contributed by atoms with van der Waals surface area (Å²) in [6.07, 6.45) is 10.5. The first-order valence-corrected chi connectivity index (χ1v) is 21.0. The van der Waals surface area contributed by atoms with Crippen molar-refractivity contribution in [1.82, 2.24) is 10.6 Å². The second-order valence-electron chi connectivity index (χ2n) is 11.7. The van der Waals surface area contributed by atoms with Crippen LogP contribution >= 0.6 is 0 Å². The van der Waals surface area contributed by atoms with Gasteiger partial charge in [-0.25, -0.2) is 0 Å². The van der Waals surface area contributed by atoms with Crippen LogP contribution in [0.5, 0.6) is 0 Å². The van der Waals surface area contributed by atoms with Crippen molar-refractivity contribution in [3.05, 3.63) is 0 Å². The smallest absolute Gasteiger partial charge is 0.391 e. The minimum absolute atomic E-state index is 0.0465. The Morgan fingerprint density at radius 2 is 0.822 bits per heavy atom. The number of hydrogen-bond donors (Lipinski definition) is 10. The average molecular weight is 691 g/mol. The molecule has 0 aromatic heterocycles. The van der Waals surface area contributed by atoms with E-state index in [4.69, 9.17) is 47.7 Å². The van der Waals surface area contributed by atoms with E-state index in [1.54, 1.807) is 0 Å². The van der Waals surface area contributed by atoms with Crippen molar-refractivity contribution in [3.8, 4) is 0 Å². The van der Waals surface area contributed by atoms with Crippen LogP contribution in [-0.4, -0.2) is 148 Å². The molecule has 0 saturated heterocycles. The van der Waals surface area contributed by atoms with E-state index in [9.17, 15) is 10.2 Å². The molecule has 0 fully saturated rings. The lowest BCUT2D eigenvalue weighted by atomic mass is 10.1. The Bertz CT molecular complexity index is 569. The Labute approximate surface area is 272 Å². The van der Waals surface area contributed by atoms with Crippen molar-refractivity contribution < 1.29 is 57.9 Å². The zero-order chi connectivity index (χ0) is 33.5. The summed E-state index contributed by atoms with van der Waals surface area (Å²) in [5, 5.41) is 26.4. The molecule has 0 amide bonds. The van der Waals surface area contributed by atoms with Gasteiger partial charge >= 0.3 is 17.6 Å². The van der Waals surface area contributed by atoms with Crippen LogP contribution in [0.1, 0.15) is 83.5 Å². The topological polar surface area (TPSA) is 223 Å². The van der Waals surface area contributed by atoms with Crippen molar-refractivity contribution in [2.45, 2.75) is 108 Å². The van der Waals surface area contributed by atoms with Gasteiger partial charge in [-0.1, -0.05) is 19.3 Å². The average Bonchev–Trinajstić information content (AvgIpc) is 2.96. The fourth-order valence-corrected chi connectivity index (χ4v) is 5.54. The van der Waals surface area contributed by atoms with Gasteiger partial charge < -0.3 is 68.6 Å². The normalized spacial score (nSPS) is 13.9. The van der Waals surface area contributed by atoms with E-state index >= 15 is 0 Å². The Morgan fingerprint density at radius 3 is 1.31 bits per heavy atom. The maximum Gasteiger partial charge on any atom is 0.492 e. The second-order valence-corrected chi connectivity index (χ2v) is 15.8. The summed E-state index contributed by atoms with van der Waals surface area (Å²) < 4.78 is 22.0. The van der Waals surface area contributed by atoms with Gasteiger partial charge in [0.05, 0.1) is 25.4 Å². The van der Waals surface area contributed by atoms with Crippen LogP contribution in [-0.2, 0) is 18.9 Å². The Hall–Kier alpha value is -0.126. The molecule has 0 radical (unpaired) electrons. The van der Waals surface area contributed by atoms with E-state index in [2.05, 4.69) is 10.6 Å². The van der Waals surface area contributed by atoms with Gasteiger partial charge in [-0.15, -0.1) is 0 Å². The molecule has 0 saturated carbocycles. The van der Waals surface area contributed by atoms with Gasteiger partial charge in [0.25, 0.3) is 0 Å². The zero-order valence-electron chi connectivity index (χ0n) is 27.5. The Kier molecular flexibility index (Phi) is 31.1. The fraction of sp³-hybridized carbons (Fsp3) is 1.00. The molecular weight excluding hydrogens is 624 g/mol. The number of rotatable bonds is 36. The van der Waals surface area contributed by atoms with E-state index < -0.39 is 29.8 Å². The summed E-state index contributed by atoms with van der Waals surface area (Å²) in [6, 6.07) is -0.107. The molecule has 45 heavy (non-hydrogen) atoms. The first-order valence-electron chi connectivity index (χ1n) is 16.9.